The summed E-state index contributed by atoms with van der Waals surface area (Å²) in [6.07, 6.45) is 11.4. The summed E-state index contributed by atoms with van der Waals surface area (Å²) in [4.78, 5) is 0. The highest BCUT2D eigenvalue weighted by atomic mass is 16.7. The fourth-order valence-electron chi connectivity index (χ4n) is 4.10. The van der Waals surface area contributed by atoms with Gasteiger partial charge in [-0.05, 0) is 50.9 Å². The Bertz CT molecular complexity index is 616. The molecule has 0 aromatic rings. The monoisotopic (exact) mass is 710 g/mol. The Morgan fingerprint density at radius 2 is 0.653 bits per heavy atom. The molecule has 0 rings (SSSR count). The van der Waals surface area contributed by atoms with Crippen LogP contribution in [0.15, 0.2) is 25.3 Å². The Kier molecular flexibility index (Phi) is 44.0. The van der Waals surface area contributed by atoms with E-state index in [2.05, 4.69) is 13.2 Å². The zero-order valence-corrected chi connectivity index (χ0v) is 30.4. The minimum Gasteiger partial charge on any atom is -0.396 e. The van der Waals surface area contributed by atoms with Gasteiger partial charge in [-0.15, -0.1) is 13.2 Å². The van der Waals surface area contributed by atoms with Crippen molar-refractivity contribution in [1.82, 2.24) is 0 Å². The van der Waals surface area contributed by atoms with Gasteiger partial charge in [0.1, 0.15) is 6.79 Å². The van der Waals surface area contributed by atoms with Crippen molar-refractivity contribution in [2.45, 2.75) is 44.9 Å². The fraction of sp³-hybridized carbons (Fsp3) is 0.889. The van der Waals surface area contributed by atoms with Gasteiger partial charge >= 0.3 is 0 Å². The van der Waals surface area contributed by atoms with Gasteiger partial charge in [0.15, 0.2) is 0 Å². The molecular weight excluding hydrogens is 640 g/mol. The van der Waals surface area contributed by atoms with Crippen molar-refractivity contribution < 1.29 is 61.9 Å². The molecule has 0 saturated carbocycles. The summed E-state index contributed by atoms with van der Waals surface area (Å²) in [5.74, 6) is 0.592. The van der Waals surface area contributed by atoms with Gasteiger partial charge in [-0.1, -0.05) is 12.2 Å². The highest BCUT2D eigenvalue weighted by Gasteiger charge is 2.08. The van der Waals surface area contributed by atoms with Gasteiger partial charge in [0, 0.05) is 19.8 Å². The van der Waals surface area contributed by atoms with Crippen LogP contribution in [-0.4, -0.2) is 164 Å². The lowest BCUT2D eigenvalue weighted by Gasteiger charge is -2.16. The SMILES string of the molecule is C=CCCCC(CCCC=C)COCCOCCOCCOCCOCCOCCOCCOCCOCCOCOCCOCCCO. The van der Waals surface area contributed by atoms with Crippen LogP contribution < -0.4 is 0 Å². The summed E-state index contributed by atoms with van der Waals surface area (Å²) in [7, 11) is 0. The van der Waals surface area contributed by atoms with Gasteiger partial charge in [-0.3, -0.25) is 0 Å². The largest absolute Gasteiger partial charge is 0.396 e. The molecule has 0 radical (unpaired) electrons. The first-order chi connectivity index (χ1) is 24.3. The molecule has 0 spiro atoms. The van der Waals surface area contributed by atoms with Crippen molar-refractivity contribution in [3.8, 4) is 0 Å². The van der Waals surface area contributed by atoms with Gasteiger partial charge in [-0.2, -0.15) is 0 Å². The first kappa shape index (κ1) is 48.0. The topological polar surface area (TPSA) is 131 Å². The summed E-state index contributed by atoms with van der Waals surface area (Å²) in [5, 5.41) is 8.64. The first-order valence-corrected chi connectivity index (χ1v) is 18.1. The second-order valence-corrected chi connectivity index (χ2v) is 10.9. The van der Waals surface area contributed by atoms with E-state index in [1.165, 1.54) is 25.7 Å². The molecule has 0 bridgehead atoms. The first-order valence-electron chi connectivity index (χ1n) is 18.1. The van der Waals surface area contributed by atoms with Gasteiger partial charge in [0.05, 0.1) is 132 Å². The van der Waals surface area contributed by atoms with Crippen LogP contribution in [0.2, 0.25) is 0 Å². The predicted octanol–water partition coefficient (Wildman–Crippen LogP) is 3.85. The van der Waals surface area contributed by atoms with Crippen LogP contribution >= 0.6 is 0 Å². The second kappa shape index (κ2) is 45.0. The van der Waals surface area contributed by atoms with Crippen LogP contribution in [0, 0.1) is 5.92 Å². The molecule has 0 aliphatic carbocycles. The molecule has 0 aromatic heterocycles. The van der Waals surface area contributed by atoms with Gasteiger partial charge < -0.3 is 61.9 Å². The number of unbranched alkanes of at least 4 members (excludes halogenated alkanes) is 2. The van der Waals surface area contributed by atoms with Crippen molar-refractivity contribution in [3.05, 3.63) is 25.3 Å². The summed E-state index contributed by atoms with van der Waals surface area (Å²) < 4.78 is 65.7. The van der Waals surface area contributed by atoms with E-state index in [4.69, 9.17) is 61.9 Å². The standard InChI is InChI=1S/C36H70O13/c1-3-5-7-10-36(11-8-6-4-2)34-47-31-28-45-26-24-43-22-20-41-18-16-39-14-15-40-17-19-42-21-23-44-25-27-46-30-33-49-35-48-32-29-38-13-9-12-37/h3-4,36-37H,1-2,5-35H2. The number of hydrogen-bond acceptors (Lipinski definition) is 13. The number of rotatable bonds is 45. The third kappa shape index (κ3) is 43.0. The lowest BCUT2D eigenvalue weighted by Crippen LogP contribution is -2.16. The minimum absolute atomic E-state index is 0.137. The van der Waals surface area contributed by atoms with Crippen molar-refractivity contribution in [2.24, 2.45) is 5.92 Å². The average molecular weight is 711 g/mol. The Morgan fingerprint density at radius 1 is 0.367 bits per heavy atom. The van der Waals surface area contributed by atoms with Crippen LogP contribution in [0.25, 0.3) is 0 Å². The summed E-state index contributed by atoms with van der Waals surface area (Å²) >= 11 is 0. The fourth-order valence-corrected chi connectivity index (χ4v) is 4.10. The Labute approximate surface area is 296 Å². The van der Waals surface area contributed by atoms with E-state index in [1.54, 1.807) is 0 Å². The Balaban J connectivity index is 3.19. The van der Waals surface area contributed by atoms with Crippen LogP contribution in [-0.2, 0) is 56.8 Å². The van der Waals surface area contributed by atoms with Crippen molar-refractivity contribution in [1.29, 1.82) is 0 Å². The molecule has 0 atom stereocenters. The summed E-state index contributed by atoms with van der Waals surface area (Å²) in [6, 6.07) is 0. The van der Waals surface area contributed by atoms with Crippen molar-refractivity contribution in [2.75, 3.05) is 159 Å². The van der Waals surface area contributed by atoms with Crippen LogP contribution in [0.1, 0.15) is 44.9 Å². The second-order valence-electron chi connectivity index (χ2n) is 10.9. The minimum atomic E-state index is 0.137. The maximum absolute atomic E-state index is 8.64. The molecule has 13 heteroatoms. The average Bonchev–Trinajstić information content (AvgIpc) is 3.11. The molecule has 0 heterocycles. The summed E-state index contributed by atoms with van der Waals surface area (Å²) in [5.41, 5.74) is 0. The zero-order chi connectivity index (χ0) is 35.4. The molecule has 0 fully saturated rings. The molecule has 0 aliphatic heterocycles. The van der Waals surface area contributed by atoms with Crippen molar-refractivity contribution in [3.63, 3.8) is 0 Å². The molecule has 0 saturated heterocycles. The normalized spacial score (nSPS) is 11.6. The number of allylic oxidation sites excluding steroid dienone is 2. The molecule has 1 N–H and O–H groups in total. The molecule has 13 nitrogen and oxygen atoms in total. The Morgan fingerprint density at radius 3 is 0.959 bits per heavy atom. The van der Waals surface area contributed by atoms with E-state index in [1.807, 2.05) is 12.2 Å². The molecular formula is C36H70O13. The number of ether oxygens (including phenoxy) is 12. The van der Waals surface area contributed by atoms with E-state index in [0.717, 1.165) is 19.4 Å². The lowest BCUT2D eigenvalue weighted by molar-refractivity contribution is -0.0844. The molecule has 0 aliphatic rings. The predicted molar refractivity (Wildman–Crippen MR) is 188 cm³/mol. The Hall–Kier alpha value is -1.04. The van der Waals surface area contributed by atoms with Gasteiger partial charge in [0.2, 0.25) is 0 Å². The van der Waals surface area contributed by atoms with E-state index in [0.29, 0.717) is 151 Å². The van der Waals surface area contributed by atoms with Crippen LogP contribution in [0.4, 0.5) is 0 Å². The molecule has 292 valence electrons. The molecule has 49 heavy (non-hydrogen) atoms. The van der Waals surface area contributed by atoms with Crippen LogP contribution in [0.5, 0.6) is 0 Å². The quantitative estimate of drug-likeness (QED) is 0.0559. The maximum Gasteiger partial charge on any atom is 0.146 e. The van der Waals surface area contributed by atoms with Crippen molar-refractivity contribution >= 4 is 0 Å². The number of hydrogen-bond donors (Lipinski definition) is 1. The van der Waals surface area contributed by atoms with Gasteiger partial charge in [-0.25, -0.2) is 0 Å². The highest BCUT2D eigenvalue weighted by Crippen LogP contribution is 2.17. The van der Waals surface area contributed by atoms with Crippen LogP contribution in [0.3, 0.4) is 0 Å². The number of aliphatic hydroxyl groups excluding tert-OH is 1. The van der Waals surface area contributed by atoms with E-state index in [-0.39, 0.29) is 13.4 Å². The molecule has 0 aromatic carbocycles. The highest BCUT2D eigenvalue weighted by molar-refractivity contribution is 4.70. The summed E-state index contributed by atoms with van der Waals surface area (Å²) in [6.45, 7) is 19.5. The third-order valence-electron chi connectivity index (χ3n) is 6.73. The van der Waals surface area contributed by atoms with E-state index >= 15 is 0 Å². The maximum atomic E-state index is 8.64. The lowest BCUT2D eigenvalue weighted by atomic mass is 9.96. The zero-order valence-electron chi connectivity index (χ0n) is 30.4. The molecule has 0 amide bonds. The molecule has 0 unspecified atom stereocenters. The number of aliphatic hydroxyl groups is 1. The van der Waals surface area contributed by atoms with Gasteiger partial charge in [0.25, 0.3) is 0 Å². The smallest absolute Gasteiger partial charge is 0.146 e. The van der Waals surface area contributed by atoms with E-state index in [9.17, 15) is 0 Å². The van der Waals surface area contributed by atoms with E-state index < -0.39 is 0 Å². The third-order valence-corrected chi connectivity index (χ3v) is 6.73.